The van der Waals surface area contributed by atoms with Crippen LogP contribution in [0.5, 0.6) is 5.75 Å². The number of aromatic nitrogens is 1. The molecule has 7 heteroatoms. The Bertz CT molecular complexity index is 1280. The van der Waals surface area contributed by atoms with Gasteiger partial charge in [0.2, 0.25) is 5.91 Å². The summed E-state index contributed by atoms with van der Waals surface area (Å²) in [4.78, 5) is 17.6. The lowest BCUT2D eigenvalue weighted by atomic mass is 10.1. The summed E-state index contributed by atoms with van der Waals surface area (Å²) in [6, 6.07) is 24.2. The first kappa shape index (κ1) is 23.3. The quantitative estimate of drug-likeness (QED) is 0.386. The van der Waals surface area contributed by atoms with Crippen molar-refractivity contribution in [1.29, 1.82) is 0 Å². The van der Waals surface area contributed by atoms with Gasteiger partial charge in [-0.3, -0.25) is 9.69 Å². The van der Waals surface area contributed by atoms with Gasteiger partial charge in [-0.2, -0.15) is 4.37 Å². The summed E-state index contributed by atoms with van der Waals surface area (Å²) < 4.78 is 11.2. The van der Waals surface area contributed by atoms with E-state index in [0.29, 0.717) is 6.42 Å². The van der Waals surface area contributed by atoms with Gasteiger partial charge in [0.15, 0.2) is 0 Å². The molecule has 6 nitrogen and oxygen atoms in total. The Balaban J connectivity index is 1.14. The highest BCUT2D eigenvalue weighted by Crippen LogP contribution is 2.30. The average molecular weight is 487 g/mol. The maximum Gasteiger partial charge on any atom is 0.228 e. The third-order valence-electron chi connectivity index (χ3n) is 6.54. The number of nitrogens with one attached hydrogen (secondary N) is 1. The maximum absolute atomic E-state index is 12.7. The summed E-state index contributed by atoms with van der Waals surface area (Å²) in [7, 11) is 1.64. The minimum absolute atomic E-state index is 0.00767. The zero-order chi connectivity index (χ0) is 24.0. The van der Waals surface area contributed by atoms with E-state index in [1.165, 1.54) is 15.6 Å². The minimum atomic E-state index is -0.00767. The molecule has 5 rings (SSSR count). The molecule has 0 aliphatic carbocycles. The van der Waals surface area contributed by atoms with E-state index in [2.05, 4.69) is 45.4 Å². The third kappa shape index (κ3) is 5.63. The van der Waals surface area contributed by atoms with E-state index in [9.17, 15) is 4.79 Å². The third-order valence-corrected chi connectivity index (χ3v) is 7.36. The van der Waals surface area contributed by atoms with Crippen LogP contribution in [0.4, 0.5) is 11.5 Å². The summed E-state index contributed by atoms with van der Waals surface area (Å²) in [6.45, 7) is 4.95. The molecule has 1 saturated heterocycles. The lowest BCUT2D eigenvalue weighted by molar-refractivity contribution is -0.115. The Hall–Kier alpha value is -3.42. The van der Waals surface area contributed by atoms with E-state index in [4.69, 9.17) is 9.11 Å². The number of amides is 1. The van der Waals surface area contributed by atoms with Crippen LogP contribution in [-0.4, -0.2) is 55.0 Å². The van der Waals surface area contributed by atoms with Crippen LogP contribution in [0.15, 0.2) is 72.8 Å². The first-order chi connectivity index (χ1) is 17.2. The molecule has 3 aromatic carbocycles. The zero-order valence-electron chi connectivity index (χ0n) is 19.9. The molecular weight excluding hydrogens is 456 g/mol. The van der Waals surface area contributed by atoms with Crippen LogP contribution in [0.25, 0.3) is 10.1 Å². The summed E-state index contributed by atoms with van der Waals surface area (Å²) >= 11 is 1.58. The van der Waals surface area contributed by atoms with Gasteiger partial charge in [0.1, 0.15) is 11.6 Å². The van der Waals surface area contributed by atoms with Crippen molar-refractivity contribution < 1.29 is 9.53 Å². The SMILES string of the molecule is COc1ccc(CC(=O)Nc2ccccc2CCN2CCN(c3nsc4ccccc34)CC2)cc1. The van der Waals surface area contributed by atoms with Crippen LogP contribution in [0.2, 0.25) is 0 Å². The van der Waals surface area contributed by atoms with Gasteiger partial charge in [-0.1, -0.05) is 42.5 Å². The van der Waals surface area contributed by atoms with Crippen molar-refractivity contribution in [3.8, 4) is 5.75 Å². The number of benzene rings is 3. The maximum atomic E-state index is 12.7. The fourth-order valence-corrected chi connectivity index (χ4v) is 5.34. The molecule has 1 aliphatic heterocycles. The summed E-state index contributed by atoms with van der Waals surface area (Å²) in [5.41, 5.74) is 3.04. The number of anilines is 2. The standard InChI is InChI=1S/C28H30N4O2S/c1-34-23-12-10-21(11-13-23)20-27(33)29-25-8-4-2-6-22(25)14-15-31-16-18-32(19-17-31)28-24-7-3-5-9-26(24)35-30-28/h2-13H,14-20H2,1H3,(H,29,33). The Kier molecular flexibility index (Phi) is 7.25. The first-order valence-electron chi connectivity index (χ1n) is 12.0. The number of hydrogen-bond acceptors (Lipinski definition) is 6. The van der Waals surface area contributed by atoms with Gasteiger partial charge in [-0.05, 0) is 59.4 Å². The largest absolute Gasteiger partial charge is 0.497 e. The molecule has 1 aromatic heterocycles. The lowest BCUT2D eigenvalue weighted by Gasteiger charge is -2.35. The molecule has 35 heavy (non-hydrogen) atoms. The molecule has 0 atom stereocenters. The molecule has 0 radical (unpaired) electrons. The van der Waals surface area contributed by atoms with Crippen molar-refractivity contribution in [2.24, 2.45) is 0 Å². The monoisotopic (exact) mass is 486 g/mol. The van der Waals surface area contributed by atoms with Crippen LogP contribution in [0.3, 0.4) is 0 Å². The molecule has 1 N–H and O–H groups in total. The number of piperazine rings is 1. The van der Waals surface area contributed by atoms with Gasteiger partial charge in [0, 0.05) is 43.8 Å². The second-order valence-corrected chi connectivity index (χ2v) is 9.62. The number of fused-ring (bicyclic) bond motifs is 1. The van der Waals surface area contributed by atoms with Crippen molar-refractivity contribution in [3.63, 3.8) is 0 Å². The summed E-state index contributed by atoms with van der Waals surface area (Å²) in [5, 5.41) is 4.37. The van der Waals surface area contributed by atoms with Gasteiger partial charge < -0.3 is 15.0 Å². The Morgan fingerprint density at radius 2 is 1.71 bits per heavy atom. The molecule has 2 heterocycles. The Morgan fingerprint density at radius 3 is 2.51 bits per heavy atom. The van der Waals surface area contributed by atoms with E-state index in [1.54, 1.807) is 18.6 Å². The number of carbonyl (C=O) groups is 1. The zero-order valence-corrected chi connectivity index (χ0v) is 20.8. The van der Waals surface area contributed by atoms with Crippen molar-refractivity contribution in [2.45, 2.75) is 12.8 Å². The topological polar surface area (TPSA) is 57.7 Å². The average Bonchev–Trinajstić information content (AvgIpc) is 3.33. The molecule has 180 valence electrons. The predicted octanol–water partition coefficient (Wildman–Crippen LogP) is 4.85. The van der Waals surface area contributed by atoms with Crippen molar-refractivity contribution in [2.75, 3.05) is 50.1 Å². The van der Waals surface area contributed by atoms with Gasteiger partial charge >= 0.3 is 0 Å². The molecule has 0 unspecified atom stereocenters. The molecule has 4 aromatic rings. The summed E-state index contributed by atoms with van der Waals surface area (Å²) in [6.07, 6.45) is 1.24. The number of rotatable bonds is 8. The highest BCUT2D eigenvalue weighted by Gasteiger charge is 2.20. The molecule has 0 spiro atoms. The molecule has 0 bridgehead atoms. The molecule has 1 fully saturated rings. The Labute approximate surface area is 210 Å². The number of para-hydroxylation sites is 1. The smallest absolute Gasteiger partial charge is 0.228 e. The molecule has 1 amide bonds. The predicted molar refractivity (Wildman–Crippen MR) is 144 cm³/mol. The van der Waals surface area contributed by atoms with Gasteiger partial charge in [-0.15, -0.1) is 0 Å². The van der Waals surface area contributed by atoms with E-state index < -0.39 is 0 Å². The van der Waals surface area contributed by atoms with Gasteiger partial charge in [0.25, 0.3) is 0 Å². The van der Waals surface area contributed by atoms with Crippen LogP contribution in [0, 0.1) is 0 Å². The van der Waals surface area contributed by atoms with E-state index in [0.717, 1.165) is 62.0 Å². The highest BCUT2D eigenvalue weighted by molar-refractivity contribution is 7.13. The van der Waals surface area contributed by atoms with E-state index in [-0.39, 0.29) is 5.91 Å². The minimum Gasteiger partial charge on any atom is -0.497 e. The number of carbonyl (C=O) groups excluding carboxylic acids is 1. The normalized spacial score (nSPS) is 14.3. The van der Waals surface area contributed by atoms with Crippen molar-refractivity contribution in [1.82, 2.24) is 9.27 Å². The number of ether oxygens (including phenoxy) is 1. The molecule has 1 aliphatic rings. The van der Waals surface area contributed by atoms with Gasteiger partial charge in [-0.25, -0.2) is 0 Å². The van der Waals surface area contributed by atoms with Crippen LogP contribution >= 0.6 is 11.5 Å². The molecular formula is C28H30N4O2S. The first-order valence-corrected chi connectivity index (χ1v) is 12.8. The second kappa shape index (κ2) is 10.9. The fourth-order valence-electron chi connectivity index (χ4n) is 4.55. The van der Waals surface area contributed by atoms with Crippen LogP contribution in [0.1, 0.15) is 11.1 Å². The van der Waals surface area contributed by atoms with Crippen LogP contribution < -0.4 is 15.0 Å². The number of nitrogens with zero attached hydrogens (tertiary/aromatic N) is 3. The van der Waals surface area contributed by atoms with Crippen molar-refractivity contribution >= 4 is 39.0 Å². The summed E-state index contributed by atoms with van der Waals surface area (Å²) in [5.74, 6) is 1.90. The lowest BCUT2D eigenvalue weighted by Crippen LogP contribution is -2.47. The molecule has 0 saturated carbocycles. The Morgan fingerprint density at radius 1 is 0.971 bits per heavy atom. The highest BCUT2D eigenvalue weighted by atomic mass is 32.1. The second-order valence-electron chi connectivity index (χ2n) is 8.81. The van der Waals surface area contributed by atoms with E-state index in [1.807, 2.05) is 42.5 Å². The van der Waals surface area contributed by atoms with Crippen LogP contribution in [-0.2, 0) is 17.6 Å². The van der Waals surface area contributed by atoms with Gasteiger partial charge in [0.05, 0.1) is 18.2 Å². The fraction of sp³-hybridized carbons (Fsp3) is 0.286. The number of hydrogen-bond donors (Lipinski definition) is 1. The number of methoxy groups -OCH3 is 1. The van der Waals surface area contributed by atoms with Crippen molar-refractivity contribution in [3.05, 3.63) is 83.9 Å². The van der Waals surface area contributed by atoms with E-state index >= 15 is 0 Å².